The standard InChI is InChI=1S/C12H10BrNO2/c13-8-2-1-7-5-11-9(12(15)16)3-4-14(11)10(7)6-8/h1-2,5-6,9H,3-4H2,(H,15,16). The van der Waals surface area contributed by atoms with E-state index in [0.717, 1.165) is 27.6 Å². The van der Waals surface area contributed by atoms with Gasteiger partial charge in [0.05, 0.1) is 5.92 Å². The van der Waals surface area contributed by atoms with Gasteiger partial charge in [0, 0.05) is 22.2 Å². The number of hydrogen-bond donors (Lipinski definition) is 1. The molecule has 0 fully saturated rings. The zero-order valence-electron chi connectivity index (χ0n) is 8.48. The van der Waals surface area contributed by atoms with Crippen LogP contribution in [-0.4, -0.2) is 15.6 Å². The first kappa shape index (κ1) is 9.90. The molecule has 1 aromatic heterocycles. The number of carboxylic acids is 1. The van der Waals surface area contributed by atoms with Crippen molar-refractivity contribution in [1.82, 2.24) is 4.57 Å². The van der Waals surface area contributed by atoms with Gasteiger partial charge in [-0.05, 0) is 30.0 Å². The first-order valence-electron chi connectivity index (χ1n) is 5.18. The van der Waals surface area contributed by atoms with Crippen LogP contribution in [0.3, 0.4) is 0 Å². The van der Waals surface area contributed by atoms with Gasteiger partial charge in [-0.25, -0.2) is 0 Å². The molecule has 0 aliphatic carbocycles. The van der Waals surface area contributed by atoms with Crippen LogP contribution in [0.1, 0.15) is 18.0 Å². The topological polar surface area (TPSA) is 42.2 Å². The molecule has 1 atom stereocenters. The van der Waals surface area contributed by atoms with Crippen LogP contribution >= 0.6 is 15.9 Å². The predicted octanol–water partition coefficient (Wildman–Crippen LogP) is 2.98. The normalized spacial score (nSPS) is 18.9. The zero-order valence-corrected chi connectivity index (χ0v) is 10.1. The van der Waals surface area contributed by atoms with Gasteiger partial charge in [0.25, 0.3) is 0 Å². The van der Waals surface area contributed by atoms with E-state index in [1.807, 2.05) is 24.3 Å². The third-order valence-electron chi connectivity index (χ3n) is 3.19. The zero-order chi connectivity index (χ0) is 11.3. The van der Waals surface area contributed by atoms with E-state index in [9.17, 15) is 4.79 Å². The van der Waals surface area contributed by atoms with Crippen LogP contribution in [-0.2, 0) is 11.3 Å². The largest absolute Gasteiger partial charge is 0.481 e. The molecule has 1 aliphatic heterocycles. The van der Waals surface area contributed by atoms with Gasteiger partial charge >= 0.3 is 5.97 Å². The summed E-state index contributed by atoms with van der Waals surface area (Å²) in [5, 5.41) is 10.2. The molecule has 0 amide bonds. The lowest BCUT2D eigenvalue weighted by Gasteiger charge is -2.01. The van der Waals surface area contributed by atoms with Crippen LogP contribution in [0.5, 0.6) is 0 Å². The Morgan fingerprint density at radius 1 is 1.44 bits per heavy atom. The van der Waals surface area contributed by atoms with Gasteiger partial charge in [0.15, 0.2) is 0 Å². The quantitative estimate of drug-likeness (QED) is 0.872. The van der Waals surface area contributed by atoms with Crippen molar-refractivity contribution in [3.63, 3.8) is 0 Å². The van der Waals surface area contributed by atoms with Crippen molar-refractivity contribution >= 4 is 32.8 Å². The van der Waals surface area contributed by atoms with E-state index in [1.54, 1.807) is 0 Å². The number of carboxylic acid groups (broad SMARTS) is 1. The van der Waals surface area contributed by atoms with Crippen molar-refractivity contribution in [2.75, 3.05) is 0 Å². The van der Waals surface area contributed by atoms with E-state index in [1.165, 1.54) is 0 Å². The fourth-order valence-corrected chi connectivity index (χ4v) is 2.79. The average Bonchev–Trinajstić information content (AvgIpc) is 2.76. The fraction of sp³-hybridized carbons (Fsp3) is 0.250. The minimum atomic E-state index is -0.722. The summed E-state index contributed by atoms with van der Waals surface area (Å²) in [6.07, 6.45) is 0.702. The summed E-state index contributed by atoms with van der Waals surface area (Å²) in [7, 11) is 0. The lowest BCUT2D eigenvalue weighted by atomic mass is 10.1. The molecule has 4 heteroatoms. The highest BCUT2D eigenvalue weighted by molar-refractivity contribution is 9.10. The van der Waals surface area contributed by atoms with Gasteiger partial charge in [-0.15, -0.1) is 0 Å². The van der Waals surface area contributed by atoms with Crippen LogP contribution in [0, 0.1) is 0 Å². The maximum absolute atomic E-state index is 11.1. The van der Waals surface area contributed by atoms with Crippen molar-refractivity contribution < 1.29 is 9.90 Å². The highest BCUT2D eigenvalue weighted by Gasteiger charge is 2.29. The second kappa shape index (κ2) is 3.35. The van der Waals surface area contributed by atoms with E-state index >= 15 is 0 Å². The van der Waals surface area contributed by atoms with Crippen LogP contribution in [0.25, 0.3) is 10.9 Å². The third-order valence-corrected chi connectivity index (χ3v) is 3.69. The monoisotopic (exact) mass is 279 g/mol. The third kappa shape index (κ3) is 1.29. The summed E-state index contributed by atoms with van der Waals surface area (Å²) < 4.78 is 3.14. The Labute approximate surface area is 101 Å². The van der Waals surface area contributed by atoms with E-state index in [2.05, 4.69) is 20.5 Å². The number of nitrogens with zero attached hydrogens (tertiary/aromatic N) is 1. The molecule has 1 aliphatic rings. The molecule has 3 rings (SSSR count). The second-order valence-electron chi connectivity index (χ2n) is 4.10. The lowest BCUT2D eigenvalue weighted by molar-refractivity contribution is -0.138. The van der Waals surface area contributed by atoms with E-state index in [4.69, 9.17) is 5.11 Å². The number of hydrogen-bond acceptors (Lipinski definition) is 1. The summed E-state index contributed by atoms with van der Waals surface area (Å²) in [6.45, 7) is 0.798. The molecule has 1 N–H and O–H groups in total. The molecule has 1 unspecified atom stereocenters. The van der Waals surface area contributed by atoms with Crippen molar-refractivity contribution in [3.8, 4) is 0 Å². The van der Waals surface area contributed by atoms with Crippen molar-refractivity contribution in [3.05, 3.63) is 34.4 Å². The van der Waals surface area contributed by atoms with Crippen LogP contribution in [0.4, 0.5) is 0 Å². The summed E-state index contributed by atoms with van der Waals surface area (Å²) >= 11 is 3.44. The van der Waals surface area contributed by atoms with Gasteiger partial charge in [-0.2, -0.15) is 0 Å². The Balaban J connectivity index is 2.25. The number of benzene rings is 1. The number of fused-ring (bicyclic) bond motifs is 3. The Morgan fingerprint density at radius 2 is 2.25 bits per heavy atom. The first-order chi connectivity index (χ1) is 7.66. The number of aliphatic carboxylic acids is 1. The van der Waals surface area contributed by atoms with Gasteiger partial charge in [-0.1, -0.05) is 22.0 Å². The molecule has 0 spiro atoms. The van der Waals surface area contributed by atoms with Gasteiger partial charge in [0.1, 0.15) is 0 Å². The minimum Gasteiger partial charge on any atom is -0.481 e. The van der Waals surface area contributed by atoms with Crippen LogP contribution < -0.4 is 0 Å². The molecular weight excluding hydrogens is 270 g/mol. The maximum atomic E-state index is 11.1. The molecule has 2 heterocycles. The molecule has 1 aromatic carbocycles. The summed E-state index contributed by atoms with van der Waals surface area (Å²) in [5.41, 5.74) is 2.05. The van der Waals surface area contributed by atoms with E-state index in [0.29, 0.717) is 6.42 Å². The number of aryl methyl sites for hydroxylation is 1. The number of carbonyl (C=O) groups is 1. The van der Waals surface area contributed by atoms with Gasteiger partial charge < -0.3 is 9.67 Å². The maximum Gasteiger partial charge on any atom is 0.312 e. The number of rotatable bonds is 1. The van der Waals surface area contributed by atoms with E-state index < -0.39 is 5.97 Å². The molecule has 16 heavy (non-hydrogen) atoms. The first-order valence-corrected chi connectivity index (χ1v) is 5.97. The van der Waals surface area contributed by atoms with Crippen molar-refractivity contribution in [2.24, 2.45) is 0 Å². The molecule has 2 aromatic rings. The fourth-order valence-electron chi connectivity index (χ4n) is 2.44. The summed E-state index contributed by atoms with van der Waals surface area (Å²) in [5.74, 6) is -1.06. The number of halogens is 1. The van der Waals surface area contributed by atoms with Gasteiger partial charge in [-0.3, -0.25) is 4.79 Å². The summed E-state index contributed by atoms with van der Waals surface area (Å²) in [4.78, 5) is 11.1. The van der Waals surface area contributed by atoms with Gasteiger partial charge in [0.2, 0.25) is 0 Å². The van der Waals surface area contributed by atoms with Crippen molar-refractivity contribution in [2.45, 2.75) is 18.9 Å². The van der Waals surface area contributed by atoms with Crippen LogP contribution in [0.15, 0.2) is 28.7 Å². The minimum absolute atomic E-state index is 0.342. The lowest BCUT2D eigenvalue weighted by Crippen LogP contribution is -2.07. The van der Waals surface area contributed by atoms with E-state index in [-0.39, 0.29) is 5.92 Å². The predicted molar refractivity (Wildman–Crippen MR) is 64.6 cm³/mol. The van der Waals surface area contributed by atoms with Crippen LogP contribution in [0.2, 0.25) is 0 Å². The van der Waals surface area contributed by atoms with Crippen molar-refractivity contribution in [1.29, 1.82) is 0 Å². The summed E-state index contributed by atoms with van der Waals surface area (Å²) in [6, 6.07) is 8.04. The highest BCUT2D eigenvalue weighted by Crippen LogP contribution is 2.35. The number of aromatic nitrogens is 1. The Hall–Kier alpha value is -1.29. The Bertz CT molecular complexity index is 588. The Morgan fingerprint density at radius 3 is 3.00 bits per heavy atom. The Kier molecular flexibility index (Phi) is 2.07. The molecule has 0 radical (unpaired) electrons. The molecular formula is C12H10BrNO2. The highest BCUT2D eigenvalue weighted by atomic mass is 79.9. The molecule has 0 saturated heterocycles. The molecule has 0 saturated carbocycles. The molecule has 3 nitrogen and oxygen atoms in total. The smallest absolute Gasteiger partial charge is 0.312 e. The SMILES string of the molecule is O=C(O)C1CCn2c1cc1ccc(Br)cc12. The molecule has 82 valence electrons. The molecule has 0 bridgehead atoms. The second-order valence-corrected chi connectivity index (χ2v) is 5.02. The average molecular weight is 280 g/mol.